The van der Waals surface area contributed by atoms with Crippen LogP contribution in [0.25, 0.3) is 0 Å². The number of hydrogen-bond acceptors (Lipinski definition) is 10. The molecule has 0 bridgehead atoms. The molecule has 1 aromatic carbocycles. The van der Waals surface area contributed by atoms with Gasteiger partial charge in [0.1, 0.15) is 6.29 Å². The molecule has 14 heteroatoms. The third-order valence-corrected chi connectivity index (χ3v) is 7.69. The fraction of sp³-hybridized carbons (Fsp3) is 0.643. The van der Waals surface area contributed by atoms with Gasteiger partial charge in [0.2, 0.25) is 6.41 Å². The number of aliphatic hydroxyl groups is 1. The van der Waals surface area contributed by atoms with E-state index in [1.54, 1.807) is 0 Å². The van der Waals surface area contributed by atoms with Crippen molar-refractivity contribution < 1.29 is 39.4 Å². The molecule has 1 unspecified atom stereocenters. The Morgan fingerprint density at radius 1 is 0.833 bits per heavy atom. The van der Waals surface area contributed by atoms with Gasteiger partial charge in [0.15, 0.2) is 0 Å². The first-order chi connectivity index (χ1) is 20.0. The zero-order chi connectivity index (χ0) is 31.9. The van der Waals surface area contributed by atoms with Gasteiger partial charge in [0.25, 0.3) is 0 Å². The molecule has 5 N–H and O–H groups in total. The van der Waals surface area contributed by atoms with Gasteiger partial charge < -0.3 is 30.3 Å². The molecule has 0 spiro atoms. The summed E-state index contributed by atoms with van der Waals surface area (Å²) in [6, 6.07) is 8.37. The van der Waals surface area contributed by atoms with Crippen molar-refractivity contribution in [3.63, 3.8) is 0 Å². The highest BCUT2D eigenvalue weighted by Gasteiger charge is 2.20. The van der Waals surface area contributed by atoms with Gasteiger partial charge in [-0.25, -0.2) is 0 Å². The van der Waals surface area contributed by atoms with E-state index in [0.717, 1.165) is 24.5 Å². The van der Waals surface area contributed by atoms with Gasteiger partial charge in [-0.1, -0.05) is 29.8 Å². The van der Waals surface area contributed by atoms with Crippen LogP contribution in [0.1, 0.15) is 25.0 Å². The summed E-state index contributed by atoms with van der Waals surface area (Å²) in [5.41, 5.74) is 2.24. The molecule has 0 radical (unpaired) electrons. The lowest BCUT2D eigenvalue weighted by atomic mass is 10.2. The number of aryl methyl sites for hydroxylation is 1. The highest BCUT2D eigenvalue weighted by molar-refractivity contribution is 7.50. The predicted octanol–water partition coefficient (Wildman–Crippen LogP) is 0.181. The SMILES string of the molecule is CC(C)NC=O.CO.Cc1ccc(CP(O)CN2CCN(CC(=O)O)CCN(CC=O)CCN(CC(=O)O)CC2)cc1. The van der Waals surface area contributed by atoms with Crippen molar-refractivity contribution in [2.24, 2.45) is 0 Å². The lowest BCUT2D eigenvalue weighted by Crippen LogP contribution is -2.48. The average Bonchev–Trinajstić information content (AvgIpc) is 2.92. The summed E-state index contributed by atoms with van der Waals surface area (Å²) in [7, 11) is -0.302. The van der Waals surface area contributed by atoms with Crippen LogP contribution in [0.15, 0.2) is 24.3 Å². The first-order valence-electron chi connectivity index (χ1n) is 13.9. The lowest BCUT2D eigenvalue weighted by Gasteiger charge is -2.33. The number of hydrogen-bond donors (Lipinski definition) is 5. The summed E-state index contributed by atoms with van der Waals surface area (Å²) in [5, 5.41) is 28.2. The van der Waals surface area contributed by atoms with Crippen LogP contribution in [0.4, 0.5) is 0 Å². The summed E-state index contributed by atoms with van der Waals surface area (Å²) >= 11 is 0. The number of carboxylic acids is 2. The van der Waals surface area contributed by atoms with Crippen LogP contribution in [0.3, 0.4) is 0 Å². The molecule has 1 saturated heterocycles. The Morgan fingerprint density at radius 3 is 1.62 bits per heavy atom. The largest absolute Gasteiger partial charge is 0.480 e. The van der Waals surface area contributed by atoms with Crippen molar-refractivity contribution in [1.29, 1.82) is 0 Å². The molecule has 0 saturated carbocycles. The third-order valence-electron chi connectivity index (χ3n) is 6.23. The number of aldehydes is 1. The maximum Gasteiger partial charge on any atom is 0.317 e. The van der Waals surface area contributed by atoms with E-state index in [1.807, 2.05) is 59.7 Å². The first kappa shape index (κ1) is 39.5. The van der Waals surface area contributed by atoms with E-state index in [-0.39, 0.29) is 25.7 Å². The molecule has 0 aliphatic carbocycles. The Labute approximate surface area is 250 Å². The molecule has 240 valence electrons. The van der Waals surface area contributed by atoms with Crippen LogP contribution >= 0.6 is 8.15 Å². The molecule has 2 rings (SSSR count). The Morgan fingerprint density at radius 2 is 1.26 bits per heavy atom. The second kappa shape index (κ2) is 24.0. The predicted molar refractivity (Wildman–Crippen MR) is 164 cm³/mol. The molecule has 1 fully saturated rings. The van der Waals surface area contributed by atoms with E-state index in [1.165, 1.54) is 0 Å². The van der Waals surface area contributed by atoms with E-state index in [0.29, 0.717) is 71.2 Å². The van der Waals surface area contributed by atoms with Crippen LogP contribution in [0.2, 0.25) is 0 Å². The number of nitrogens with zero attached hydrogens (tertiary/aromatic N) is 4. The van der Waals surface area contributed by atoms with Gasteiger partial charge in [-0.05, 0) is 26.3 Å². The number of aliphatic hydroxyl groups excluding tert-OH is 1. The van der Waals surface area contributed by atoms with E-state index in [2.05, 4.69) is 10.2 Å². The molecule has 1 amide bonds. The van der Waals surface area contributed by atoms with Crippen LogP contribution in [0.5, 0.6) is 0 Å². The molecule has 1 aliphatic heterocycles. The van der Waals surface area contributed by atoms with Gasteiger partial charge in [0.05, 0.1) is 19.6 Å². The van der Waals surface area contributed by atoms with Crippen LogP contribution < -0.4 is 5.32 Å². The van der Waals surface area contributed by atoms with Crippen LogP contribution in [-0.4, -0.2) is 156 Å². The number of nitrogens with one attached hydrogen (secondary N) is 1. The molecule has 1 heterocycles. The Hall–Kier alpha value is -2.51. The summed E-state index contributed by atoms with van der Waals surface area (Å²) in [6.45, 7) is 10.0. The fourth-order valence-electron chi connectivity index (χ4n) is 4.03. The fourth-order valence-corrected chi connectivity index (χ4v) is 5.50. The lowest BCUT2D eigenvalue weighted by molar-refractivity contribution is -0.139. The molecule has 1 aromatic rings. The van der Waals surface area contributed by atoms with Crippen molar-refractivity contribution in [1.82, 2.24) is 24.9 Å². The molecule has 1 aliphatic rings. The number of rotatable bonds is 12. The zero-order valence-electron chi connectivity index (χ0n) is 25.4. The van der Waals surface area contributed by atoms with Gasteiger partial charge in [-0.15, -0.1) is 0 Å². The molecule has 42 heavy (non-hydrogen) atoms. The van der Waals surface area contributed by atoms with E-state index < -0.39 is 20.1 Å². The molecule has 1 atom stereocenters. The van der Waals surface area contributed by atoms with Crippen molar-refractivity contribution in [2.75, 3.05) is 85.4 Å². The zero-order valence-corrected chi connectivity index (χ0v) is 26.3. The number of benzene rings is 1. The van der Waals surface area contributed by atoms with E-state index in [4.69, 9.17) is 5.11 Å². The van der Waals surface area contributed by atoms with Gasteiger partial charge in [-0.3, -0.25) is 34.0 Å². The second-order valence-corrected chi connectivity index (χ2v) is 11.8. The highest BCUT2D eigenvalue weighted by atomic mass is 31.1. The topological polar surface area (TPSA) is 174 Å². The molecular weight excluding hydrogens is 565 g/mol. The smallest absolute Gasteiger partial charge is 0.317 e. The van der Waals surface area contributed by atoms with Crippen molar-refractivity contribution in [2.45, 2.75) is 33.0 Å². The Balaban J connectivity index is 0.00000186. The third kappa shape index (κ3) is 20.4. The number of aliphatic carboxylic acids is 2. The monoisotopic (exact) mass is 615 g/mol. The minimum atomic E-state index is -1.30. The minimum Gasteiger partial charge on any atom is -0.480 e. The summed E-state index contributed by atoms with van der Waals surface area (Å²) in [5.74, 6) is -1.81. The summed E-state index contributed by atoms with van der Waals surface area (Å²) < 4.78 is 0. The summed E-state index contributed by atoms with van der Waals surface area (Å²) in [6.07, 6.45) is 2.56. The number of carboxylic acid groups (broad SMARTS) is 2. The number of carbonyl (C=O) groups is 4. The van der Waals surface area contributed by atoms with Crippen LogP contribution in [-0.2, 0) is 25.3 Å². The molecular formula is C28H50N5O8P. The second-order valence-electron chi connectivity index (χ2n) is 10.2. The van der Waals surface area contributed by atoms with Gasteiger partial charge in [0, 0.05) is 86.1 Å². The van der Waals surface area contributed by atoms with Gasteiger partial charge in [-0.2, -0.15) is 0 Å². The normalized spacial score (nSPS) is 16.8. The number of amides is 1. The minimum absolute atomic E-state index is 0.0921. The Kier molecular flexibility index (Phi) is 22.6. The average molecular weight is 616 g/mol. The van der Waals surface area contributed by atoms with Gasteiger partial charge >= 0.3 is 11.9 Å². The number of carbonyl (C=O) groups excluding carboxylic acids is 2. The Bertz CT molecular complexity index is 862. The molecule has 13 nitrogen and oxygen atoms in total. The quantitative estimate of drug-likeness (QED) is 0.160. The standard InChI is InChI=1S/C23H37N4O6P.C4H9NO.CH4O/c1-20-2-4-21(5-3-20)18-34(33)19-27-12-10-25(16-22(29)30)8-6-24(14-15-28)7-9-26(11-13-27)17-23(31)32;1-4(2)5-3-6;1-2/h2-5,15,33H,6-14,16-19H2,1H3,(H,29,30)(H,31,32);3-4H,1-2H3,(H,5,6);2H,1H3. The van der Waals surface area contributed by atoms with Crippen LogP contribution in [0, 0.1) is 6.92 Å². The van der Waals surface area contributed by atoms with E-state index >= 15 is 0 Å². The first-order valence-corrected chi connectivity index (χ1v) is 15.6. The maximum atomic E-state index is 11.4. The van der Waals surface area contributed by atoms with Crippen molar-refractivity contribution >= 4 is 32.8 Å². The molecule has 0 aromatic heterocycles. The van der Waals surface area contributed by atoms with E-state index in [9.17, 15) is 34.3 Å². The van der Waals surface area contributed by atoms with Crippen molar-refractivity contribution in [3.8, 4) is 0 Å². The van der Waals surface area contributed by atoms with Crippen molar-refractivity contribution in [3.05, 3.63) is 35.4 Å². The summed E-state index contributed by atoms with van der Waals surface area (Å²) in [4.78, 5) is 61.8. The maximum absolute atomic E-state index is 11.4. The highest BCUT2D eigenvalue weighted by Crippen LogP contribution is 2.35.